The quantitative estimate of drug-likeness (QED) is 0.172. The van der Waals surface area contributed by atoms with Gasteiger partial charge in [-0.3, -0.25) is 4.79 Å². The third kappa shape index (κ3) is 6.53. The highest BCUT2D eigenvalue weighted by atomic mass is 16.5. The van der Waals surface area contributed by atoms with E-state index < -0.39 is 0 Å². The number of aliphatic imine (C=N–C) groups is 1. The van der Waals surface area contributed by atoms with Crippen LogP contribution in [0.5, 0.6) is 0 Å². The van der Waals surface area contributed by atoms with Crippen LogP contribution in [0.2, 0.25) is 0 Å². The molecule has 1 saturated heterocycles. The second-order valence-electron chi connectivity index (χ2n) is 8.14. The van der Waals surface area contributed by atoms with Crippen LogP contribution in [0.15, 0.2) is 35.3 Å². The van der Waals surface area contributed by atoms with E-state index in [2.05, 4.69) is 84.2 Å². The average molecular weight is 449 g/mol. The first-order chi connectivity index (χ1) is 16.2. The molecule has 2 aromatic carbocycles. The minimum absolute atomic E-state index is 0.392. The maximum absolute atomic E-state index is 10.8. The van der Waals surface area contributed by atoms with Crippen LogP contribution in [0.3, 0.4) is 0 Å². The number of carbonyl (C=O) groups excluding carboxylic acids is 1. The molecule has 33 heavy (non-hydrogen) atoms. The average Bonchev–Trinajstić information content (AvgIpc) is 2.86. The fraction of sp³-hybridized carbons (Fsp3) is 0.407. The lowest BCUT2D eigenvalue weighted by molar-refractivity contribution is -0.108. The van der Waals surface area contributed by atoms with Crippen LogP contribution >= 0.6 is 0 Å². The Morgan fingerprint density at radius 1 is 1.09 bits per heavy atom. The first-order valence-corrected chi connectivity index (χ1v) is 11.8. The number of hydrogen-bond donors (Lipinski definition) is 3. The molecule has 1 fully saturated rings. The number of nitrogens with zero attached hydrogens (tertiary/aromatic N) is 1. The molecule has 1 aliphatic heterocycles. The lowest BCUT2D eigenvalue weighted by Gasteiger charge is -2.25. The second kappa shape index (κ2) is 12.9. The van der Waals surface area contributed by atoms with E-state index in [4.69, 9.17) is 4.74 Å². The van der Waals surface area contributed by atoms with Gasteiger partial charge in [0.25, 0.3) is 0 Å². The molecule has 0 spiro atoms. The fourth-order valence-corrected chi connectivity index (χ4v) is 4.42. The van der Waals surface area contributed by atoms with Crippen LogP contribution in [0.4, 0.5) is 11.4 Å². The number of benzene rings is 2. The van der Waals surface area contributed by atoms with E-state index in [0.717, 1.165) is 62.3 Å². The summed E-state index contributed by atoms with van der Waals surface area (Å²) in [6, 6.07) is 11.0. The van der Waals surface area contributed by atoms with Gasteiger partial charge in [0, 0.05) is 24.1 Å². The highest BCUT2D eigenvalue weighted by Gasteiger charge is 2.21. The van der Waals surface area contributed by atoms with Crippen LogP contribution in [0.25, 0.3) is 12.2 Å². The summed E-state index contributed by atoms with van der Waals surface area (Å²) in [4.78, 5) is 15.4. The highest BCUT2D eigenvalue weighted by molar-refractivity contribution is 5.75. The van der Waals surface area contributed by atoms with Crippen molar-refractivity contribution in [3.05, 3.63) is 57.5 Å². The fourth-order valence-electron chi connectivity index (χ4n) is 4.42. The molecule has 0 radical (unpaired) electrons. The van der Waals surface area contributed by atoms with Crippen LogP contribution in [0, 0.1) is 0 Å². The SMILES string of the molecule is C/C=c1/c(Cc2ccc(NCNCC)cc2)cc(C2CCOCC2)c(N=CNC=O)/c1=C/C. The zero-order valence-corrected chi connectivity index (χ0v) is 20.0. The molecular formula is C27H36N4O2. The Bertz CT molecular complexity index is 1060. The number of rotatable bonds is 10. The van der Waals surface area contributed by atoms with Gasteiger partial charge in [0.2, 0.25) is 6.41 Å². The smallest absolute Gasteiger partial charge is 0.212 e. The molecule has 0 saturated carbocycles. The molecule has 3 N–H and O–H groups in total. The molecule has 0 aliphatic carbocycles. The Balaban J connectivity index is 2.01. The molecule has 0 bridgehead atoms. The molecule has 0 aromatic heterocycles. The van der Waals surface area contributed by atoms with Gasteiger partial charge >= 0.3 is 0 Å². The monoisotopic (exact) mass is 448 g/mol. The summed E-state index contributed by atoms with van der Waals surface area (Å²) in [5.41, 5.74) is 5.85. The topological polar surface area (TPSA) is 74.8 Å². The molecule has 0 unspecified atom stereocenters. The molecule has 2 aromatic rings. The van der Waals surface area contributed by atoms with Crippen molar-refractivity contribution in [2.24, 2.45) is 4.99 Å². The Hall–Kier alpha value is -2.96. The third-order valence-corrected chi connectivity index (χ3v) is 6.09. The van der Waals surface area contributed by atoms with Crippen molar-refractivity contribution >= 4 is 36.3 Å². The van der Waals surface area contributed by atoms with Crippen molar-refractivity contribution in [1.29, 1.82) is 0 Å². The number of nitrogens with one attached hydrogen (secondary N) is 3. The van der Waals surface area contributed by atoms with Crippen LogP contribution in [-0.4, -0.2) is 39.2 Å². The predicted octanol–water partition coefficient (Wildman–Crippen LogP) is 3.16. The van der Waals surface area contributed by atoms with Crippen molar-refractivity contribution in [3.63, 3.8) is 0 Å². The zero-order chi connectivity index (χ0) is 23.5. The molecule has 1 amide bonds. The number of amides is 1. The molecular weight excluding hydrogens is 412 g/mol. The van der Waals surface area contributed by atoms with Gasteiger partial charge in [-0.15, -0.1) is 0 Å². The minimum atomic E-state index is 0.392. The van der Waals surface area contributed by atoms with Gasteiger partial charge < -0.3 is 20.7 Å². The van der Waals surface area contributed by atoms with Gasteiger partial charge in [0.15, 0.2) is 0 Å². The largest absolute Gasteiger partial charge is 0.381 e. The standard InChI is InChI=1S/C27H36N4O2/c1-4-24-22(15-20-7-9-23(10-8-20)30-17-28-6-3)16-26(21-11-13-33-14-12-21)27(25(24)5-2)31-18-29-19-32/h4-5,7-10,16,18-19,21,28,30H,6,11-15,17H2,1-3H3,(H,29,31,32)/b24-4-,25-5+. The van der Waals surface area contributed by atoms with Crippen molar-refractivity contribution in [1.82, 2.24) is 10.6 Å². The van der Waals surface area contributed by atoms with E-state index in [-0.39, 0.29) is 0 Å². The maximum Gasteiger partial charge on any atom is 0.212 e. The number of hydrogen-bond acceptors (Lipinski definition) is 5. The normalized spacial score (nSPS) is 15.8. The van der Waals surface area contributed by atoms with Gasteiger partial charge in [0.05, 0.1) is 18.7 Å². The number of carbonyl (C=O) groups is 1. The number of anilines is 1. The highest BCUT2D eigenvalue weighted by Crippen LogP contribution is 2.32. The molecule has 3 rings (SSSR count). The summed E-state index contributed by atoms with van der Waals surface area (Å²) in [5.74, 6) is 0.392. The van der Waals surface area contributed by atoms with E-state index >= 15 is 0 Å². The second-order valence-corrected chi connectivity index (χ2v) is 8.14. The minimum Gasteiger partial charge on any atom is -0.381 e. The van der Waals surface area contributed by atoms with E-state index in [1.807, 2.05) is 0 Å². The van der Waals surface area contributed by atoms with Gasteiger partial charge in [-0.05, 0) is 79.6 Å². The van der Waals surface area contributed by atoms with Gasteiger partial charge in [0.1, 0.15) is 0 Å². The van der Waals surface area contributed by atoms with Crippen LogP contribution in [-0.2, 0) is 16.0 Å². The first kappa shape index (κ1) is 24.7. The van der Waals surface area contributed by atoms with Crippen LogP contribution < -0.4 is 26.4 Å². The molecule has 1 heterocycles. The Morgan fingerprint density at radius 3 is 2.45 bits per heavy atom. The summed E-state index contributed by atoms with van der Waals surface area (Å²) < 4.78 is 5.61. The molecule has 6 nitrogen and oxygen atoms in total. The predicted molar refractivity (Wildman–Crippen MR) is 138 cm³/mol. The summed E-state index contributed by atoms with van der Waals surface area (Å²) in [6.07, 6.45) is 9.23. The van der Waals surface area contributed by atoms with Gasteiger partial charge in [-0.25, -0.2) is 4.99 Å². The zero-order valence-electron chi connectivity index (χ0n) is 20.0. The summed E-state index contributed by atoms with van der Waals surface area (Å²) in [6.45, 7) is 9.46. The molecule has 1 aliphatic rings. The van der Waals surface area contributed by atoms with Gasteiger partial charge in [-0.1, -0.05) is 37.3 Å². The van der Waals surface area contributed by atoms with Crippen molar-refractivity contribution in [3.8, 4) is 0 Å². The van der Waals surface area contributed by atoms with E-state index in [0.29, 0.717) is 12.3 Å². The van der Waals surface area contributed by atoms with Crippen LogP contribution in [0.1, 0.15) is 56.2 Å². The maximum atomic E-state index is 10.8. The Morgan fingerprint density at radius 2 is 1.82 bits per heavy atom. The Kier molecular flexibility index (Phi) is 9.66. The molecule has 0 atom stereocenters. The summed E-state index contributed by atoms with van der Waals surface area (Å²) in [7, 11) is 0. The number of ether oxygens (including phenoxy) is 1. The summed E-state index contributed by atoms with van der Waals surface area (Å²) in [5, 5.41) is 11.5. The lowest BCUT2D eigenvalue weighted by Crippen LogP contribution is -2.31. The first-order valence-electron chi connectivity index (χ1n) is 11.8. The van der Waals surface area contributed by atoms with Crippen molar-refractivity contribution in [2.75, 3.05) is 31.7 Å². The van der Waals surface area contributed by atoms with E-state index in [9.17, 15) is 4.79 Å². The third-order valence-electron chi connectivity index (χ3n) is 6.09. The van der Waals surface area contributed by atoms with E-state index in [1.54, 1.807) is 0 Å². The molecule has 176 valence electrons. The van der Waals surface area contributed by atoms with E-state index in [1.165, 1.54) is 28.2 Å². The Labute approximate surface area is 196 Å². The lowest BCUT2D eigenvalue weighted by atomic mass is 9.86. The van der Waals surface area contributed by atoms with Crippen molar-refractivity contribution < 1.29 is 9.53 Å². The van der Waals surface area contributed by atoms with Crippen molar-refractivity contribution in [2.45, 2.75) is 46.0 Å². The van der Waals surface area contributed by atoms with Gasteiger partial charge in [-0.2, -0.15) is 0 Å². The summed E-state index contributed by atoms with van der Waals surface area (Å²) >= 11 is 0. The molecule has 6 heteroatoms.